The summed E-state index contributed by atoms with van der Waals surface area (Å²) in [5, 5.41) is 9.45. The minimum absolute atomic E-state index is 0.0482. The third-order valence-corrected chi connectivity index (χ3v) is 5.85. The Kier molecular flexibility index (Phi) is 8.38. The SMILES string of the molecule is CSCCCCCNS(=O)(=O)c1cc(CO)c(Cl)cc1Cl. The molecule has 120 valence electrons. The Balaban J connectivity index is 2.70. The highest BCUT2D eigenvalue weighted by atomic mass is 35.5. The average Bonchev–Trinajstić information content (AvgIpc) is 2.42. The minimum Gasteiger partial charge on any atom is -0.392 e. The van der Waals surface area contributed by atoms with Crippen LogP contribution in [0.15, 0.2) is 17.0 Å². The lowest BCUT2D eigenvalue weighted by molar-refractivity contribution is 0.281. The summed E-state index contributed by atoms with van der Waals surface area (Å²) in [6.07, 6.45) is 4.86. The molecular formula is C13H19Cl2NO3S2. The van der Waals surface area contributed by atoms with Crippen LogP contribution in [0.4, 0.5) is 0 Å². The second kappa shape index (κ2) is 9.22. The van der Waals surface area contributed by atoms with Crippen molar-refractivity contribution in [1.82, 2.24) is 4.72 Å². The van der Waals surface area contributed by atoms with Crippen molar-refractivity contribution >= 4 is 45.0 Å². The molecule has 0 aliphatic rings. The predicted octanol–water partition coefficient (Wildman–Crippen LogP) is 3.30. The lowest BCUT2D eigenvalue weighted by Crippen LogP contribution is -2.25. The fourth-order valence-electron chi connectivity index (χ4n) is 1.73. The van der Waals surface area contributed by atoms with Crippen LogP contribution in [0.1, 0.15) is 24.8 Å². The van der Waals surface area contributed by atoms with Crippen molar-refractivity contribution in [3.05, 3.63) is 27.7 Å². The van der Waals surface area contributed by atoms with Gasteiger partial charge >= 0.3 is 0 Å². The number of aliphatic hydroxyl groups excluding tert-OH is 1. The highest BCUT2D eigenvalue weighted by molar-refractivity contribution is 7.98. The fraction of sp³-hybridized carbons (Fsp3) is 0.538. The summed E-state index contributed by atoms with van der Waals surface area (Å²) in [5.74, 6) is 1.08. The van der Waals surface area contributed by atoms with Crippen molar-refractivity contribution in [1.29, 1.82) is 0 Å². The first kappa shape index (κ1) is 19.1. The Morgan fingerprint density at radius 1 is 1.19 bits per heavy atom. The van der Waals surface area contributed by atoms with E-state index in [1.807, 2.05) is 6.26 Å². The number of unbranched alkanes of at least 4 members (excludes halogenated alkanes) is 2. The molecule has 0 fully saturated rings. The van der Waals surface area contributed by atoms with Gasteiger partial charge in [0.15, 0.2) is 0 Å². The van der Waals surface area contributed by atoms with Crippen molar-refractivity contribution in [2.45, 2.75) is 30.8 Å². The topological polar surface area (TPSA) is 66.4 Å². The van der Waals surface area contributed by atoms with Gasteiger partial charge in [0.25, 0.3) is 0 Å². The number of hydrogen-bond acceptors (Lipinski definition) is 4. The number of thioether (sulfide) groups is 1. The maximum Gasteiger partial charge on any atom is 0.242 e. The van der Waals surface area contributed by atoms with Gasteiger partial charge in [-0.25, -0.2) is 13.1 Å². The summed E-state index contributed by atoms with van der Waals surface area (Å²) in [6, 6.07) is 2.64. The molecular weight excluding hydrogens is 353 g/mol. The molecule has 0 saturated heterocycles. The van der Waals surface area contributed by atoms with Gasteiger partial charge in [-0.2, -0.15) is 11.8 Å². The highest BCUT2D eigenvalue weighted by Crippen LogP contribution is 2.28. The van der Waals surface area contributed by atoms with Crippen LogP contribution in [0, 0.1) is 0 Å². The summed E-state index contributed by atoms with van der Waals surface area (Å²) in [6.45, 7) is 0.0251. The van der Waals surface area contributed by atoms with E-state index in [0.29, 0.717) is 12.1 Å². The van der Waals surface area contributed by atoms with E-state index >= 15 is 0 Å². The van der Waals surface area contributed by atoms with Crippen LogP contribution in [0.2, 0.25) is 10.0 Å². The van der Waals surface area contributed by atoms with E-state index in [0.717, 1.165) is 25.0 Å². The molecule has 1 aromatic rings. The van der Waals surface area contributed by atoms with Crippen LogP contribution in [0.25, 0.3) is 0 Å². The zero-order valence-corrected chi connectivity index (χ0v) is 14.9. The Morgan fingerprint density at radius 3 is 2.52 bits per heavy atom. The molecule has 2 N–H and O–H groups in total. The highest BCUT2D eigenvalue weighted by Gasteiger charge is 2.19. The van der Waals surface area contributed by atoms with E-state index in [-0.39, 0.29) is 21.5 Å². The summed E-state index contributed by atoms with van der Waals surface area (Å²) >= 11 is 13.6. The van der Waals surface area contributed by atoms with Gasteiger partial charge in [-0.15, -0.1) is 0 Å². The molecule has 0 aliphatic heterocycles. The van der Waals surface area contributed by atoms with E-state index in [2.05, 4.69) is 4.72 Å². The van der Waals surface area contributed by atoms with Crippen molar-refractivity contribution in [2.75, 3.05) is 18.6 Å². The van der Waals surface area contributed by atoms with Crippen LogP contribution >= 0.6 is 35.0 Å². The monoisotopic (exact) mass is 371 g/mol. The maximum absolute atomic E-state index is 12.2. The van der Waals surface area contributed by atoms with Crippen molar-refractivity contribution in [3.63, 3.8) is 0 Å². The Hall–Kier alpha value is 0.0200. The van der Waals surface area contributed by atoms with Crippen LogP contribution < -0.4 is 4.72 Å². The zero-order valence-electron chi connectivity index (χ0n) is 11.7. The molecule has 4 nitrogen and oxygen atoms in total. The summed E-state index contributed by atoms with van der Waals surface area (Å²) < 4.78 is 26.9. The van der Waals surface area contributed by atoms with E-state index in [9.17, 15) is 8.42 Å². The zero-order chi connectivity index (χ0) is 15.9. The van der Waals surface area contributed by atoms with E-state index in [1.165, 1.54) is 12.1 Å². The summed E-state index contributed by atoms with van der Waals surface area (Å²) in [5.41, 5.74) is 0.335. The molecule has 0 atom stereocenters. The lowest BCUT2D eigenvalue weighted by atomic mass is 10.2. The molecule has 8 heteroatoms. The van der Waals surface area contributed by atoms with E-state index < -0.39 is 10.0 Å². The Bertz CT molecular complexity index is 565. The molecule has 1 aromatic carbocycles. The van der Waals surface area contributed by atoms with Crippen molar-refractivity contribution in [2.24, 2.45) is 0 Å². The first-order valence-electron chi connectivity index (χ1n) is 6.49. The first-order valence-corrected chi connectivity index (χ1v) is 10.1. The van der Waals surface area contributed by atoms with Crippen molar-refractivity contribution < 1.29 is 13.5 Å². The number of hydrogen-bond donors (Lipinski definition) is 2. The molecule has 0 bridgehead atoms. The van der Waals surface area contributed by atoms with Gasteiger partial charge in [-0.05, 0) is 42.5 Å². The first-order chi connectivity index (χ1) is 9.92. The lowest BCUT2D eigenvalue weighted by Gasteiger charge is -2.10. The van der Waals surface area contributed by atoms with Gasteiger partial charge in [0.1, 0.15) is 4.90 Å². The molecule has 0 aliphatic carbocycles. The average molecular weight is 372 g/mol. The third-order valence-electron chi connectivity index (χ3n) is 2.88. The molecule has 1 rings (SSSR count). The fourth-order valence-corrected chi connectivity index (χ4v) is 4.15. The number of nitrogens with one attached hydrogen (secondary N) is 1. The second-order valence-electron chi connectivity index (χ2n) is 4.48. The van der Waals surface area contributed by atoms with Gasteiger partial charge in [0.2, 0.25) is 10.0 Å². The van der Waals surface area contributed by atoms with Gasteiger partial charge in [-0.3, -0.25) is 0 Å². The van der Waals surface area contributed by atoms with Crippen LogP contribution in [-0.4, -0.2) is 32.1 Å². The van der Waals surface area contributed by atoms with Gasteiger partial charge in [0.05, 0.1) is 11.6 Å². The number of rotatable bonds is 9. The van der Waals surface area contributed by atoms with Crippen LogP contribution in [0.3, 0.4) is 0 Å². The van der Waals surface area contributed by atoms with E-state index in [1.54, 1.807) is 11.8 Å². The van der Waals surface area contributed by atoms with E-state index in [4.69, 9.17) is 28.3 Å². The molecule has 0 unspecified atom stereocenters. The summed E-state index contributed by atoms with van der Waals surface area (Å²) in [7, 11) is -3.69. The summed E-state index contributed by atoms with van der Waals surface area (Å²) in [4.78, 5) is -0.0540. The molecule has 0 radical (unpaired) electrons. The molecule has 0 saturated carbocycles. The Morgan fingerprint density at radius 2 is 1.90 bits per heavy atom. The molecule has 0 aromatic heterocycles. The third kappa shape index (κ3) is 5.96. The molecule has 21 heavy (non-hydrogen) atoms. The second-order valence-corrected chi connectivity index (χ2v) is 8.02. The number of halogens is 2. The number of sulfonamides is 1. The maximum atomic E-state index is 12.2. The quantitative estimate of drug-likeness (QED) is 0.653. The van der Waals surface area contributed by atoms with Gasteiger partial charge in [-0.1, -0.05) is 29.6 Å². The number of benzene rings is 1. The minimum atomic E-state index is -3.69. The smallest absolute Gasteiger partial charge is 0.242 e. The predicted molar refractivity (Wildman–Crippen MR) is 89.8 cm³/mol. The largest absolute Gasteiger partial charge is 0.392 e. The normalized spacial score (nSPS) is 11.8. The van der Waals surface area contributed by atoms with Gasteiger partial charge < -0.3 is 5.11 Å². The van der Waals surface area contributed by atoms with Crippen molar-refractivity contribution in [3.8, 4) is 0 Å². The molecule has 0 spiro atoms. The molecule has 0 heterocycles. The standard InChI is InChI=1S/C13H19Cl2NO3S2/c1-20-6-4-2-3-5-16-21(18,19)13-7-10(9-17)11(14)8-12(13)15/h7-8,16-17H,2-6,9H2,1H3. The molecule has 0 amide bonds. The van der Waals surface area contributed by atoms with Crippen LogP contribution in [0.5, 0.6) is 0 Å². The Labute approximate surface area is 140 Å². The van der Waals surface area contributed by atoms with Gasteiger partial charge in [0, 0.05) is 11.6 Å². The van der Waals surface area contributed by atoms with Crippen LogP contribution in [-0.2, 0) is 16.6 Å². The number of aliphatic hydroxyl groups is 1.